The van der Waals surface area contributed by atoms with Crippen molar-refractivity contribution < 1.29 is 4.39 Å². The van der Waals surface area contributed by atoms with Crippen molar-refractivity contribution in [2.75, 3.05) is 5.09 Å². The predicted molar refractivity (Wildman–Crippen MR) is 77.5 cm³/mol. The van der Waals surface area contributed by atoms with E-state index in [0.29, 0.717) is 12.1 Å². The maximum absolute atomic E-state index is 13.0. The Hall–Kier alpha value is -0.660. The summed E-state index contributed by atoms with van der Waals surface area (Å²) >= 11 is 2.16. The molecule has 0 spiro atoms. The SMILES string of the molecule is CCC#Cc1ccc(NPI)c(C(=N)F)c1. The summed E-state index contributed by atoms with van der Waals surface area (Å²) in [6.45, 7) is 1.96. The second kappa shape index (κ2) is 6.82. The van der Waals surface area contributed by atoms with Gasteiger partial charge in [-0.1, -0.05) is 18.8 Å². The maximum atomic E-state index is 13.0. The van der Waals surface area contributed by atoms with E-state index in [0.717, 1.165) is 12.0 Å². The van der Waals surface area contributed by atoms with Gasteiger partial charge in [0.2, 0.25) is 5.97 Å². The summed E-state index contributed by atoms with van der Waals surface area (Å²) < 4.78 is 13.0. The Labute approximate surface area is 109 Å². The van der Waals surface area contributed by atoms with Crippen molar-refractivity contribution in [3.05, 3.63) is 29.3 Å². The summed E-state index contributed by atoms with van der Waals surface area (Å²) in [4.78, 5) is 0. The molecular weight excluding hydrogens is 337 g/mol. The van der Waals surface area contributed by atoms with Gasteiger partial charge in [0.25, 0.3) is 0 Å². The molecule has 2 N–H and O–H groups in total. The van der Waals surface area contributed by atoms with E-state index in [1.807, 2.05) is 13.0 Å². The molecule has 0 aromatic heterocycles. The molecule has 1 unspecified atom stereocenters. The number of anilines is 1. The van der Waals surface area contributed by atoms with Crippen molar-refractivity contribution in [3.63, 3.8) is 0 Å². The van der Waals surface area contributed by atoms with Crippen molar-refractivity contribution in [2.45, 2.75) is 13.3 Å². The Morgan fingerprint density at radius 1 is 1.62 bits per heavy atom. The van der Waals surface area contributed by atoms with Crippen LogP contribution in [0.5, 0.6) is 0 Å². The van der Waals surface area contributed by atoms with Crippen molar-refractivity contribution in [1.82, 2.24) is 0 Å². The van der Waals surface area contributed by atoms with Gasteiger partial charge in [0.15, 0.2) is 0 Å². The molecule has 0 aliphatic rings. The second-order valence-electron chi connectivity index (χ2n) is 2.95. The Morgan fingerprint density at radius 3 is 2.94 bits per heavy atom. The number of nitrogens with one attached hydrogen (secondary N) is 2. The monoisotopic (exact) mass is 348 g/mol. The van der Waals surface area contributed by atoms with Gasteiger partial charge >= 0.3 is 0 Å². The summed E-state index contributed by atoms with van der Waals surface area (Å²) in [6.07, 6.45) is 1.20. The molecule has 0 bridgehead atoms. The summed E-state index contributed by atoms with van der Waals surface area (Å²) in [5, 5.41) is 10.1. The lowest BCUT2D eigenvalue weighted by Crippen LogP contribution is -1.97. The van der Waals surface area contributed by atoms with Gasteiger partial charge in [-0.3, -0.25) is 5.41 Å². The van der Waals surface area contributed by atoms with Crippen LogP contribution in [-0.4, -0.2) is 5.97 Å². The zero-order chi connectivity index (χ0) is 12.0. The Bertz CT molecular complexity index is 451. The van der Waals surface area contributed by atoms with E-state index < -0.39 is 5.97 Å². The Kier molecular flexibility index (Phi) is 5.72. The van der Waals surface area contributed by atoms with E-state index in [1.54, 1.807) is 12.1 Å². The van der Waals surface area contributed by atoms with Crippen molar-refractivity contribution >= 4 is 40.1 Å². The third-order valence-corrected chi connectivity index (χ3v) is 3.02. The van der Waals surface area contributed by atoms with Gasteiger partial charge < -0.3 is 5.09 Å². The summed E-state index contributed by atoms with van der Waals surface area (Å²) in [5.74, 6) is 4.90. The van der Waals surface area contributed by atoms with Crippen LogP contribution in [0.25, 0.3) is 0 Å². The van der Waals surface area contributed by atoms with Crippen molar-refractivity contribution in [3.8, 4) is 11.8 Å². The predicted octanol–water partition coefficient (Wildman–Crippen LogP) is 4.10. The molecule has 0 radical (unpaired) electrons. The van der Waals surface area contributed by atoms with Crippen molar-refractivity contribution in [1.29, 1.82) is 5.41 Å². The lowest BCUT2D eigenvalue weighted by Gasteiger charge is -2.07. The van der Waals surface area contributed by atoms with Crippen LogP contribution in [0.1, 0.15) is 24.5 Å². The van der Waals surface area contributed by atoms with Crippen LogP contribution in [0.3, 0.4) is 0 Å². The average Bonchev–Trinajstić information content (AvgIpc) is 2.27. The number of hydrogen-bond donors (Lipinski definition) is 2. The molecule has 0 aliphatic heterocycles. The van der Waals surface area contributed by atoms with Gasteiger partial charge in [-0.25, -0.2) is 0 Å². The lowest BCUT2D eigenvalue weighted by molar-refractivity contribution is 0.798. The molecule has 0 saturated carbocycles. The molecule has 1 rings (SSSR count). The van der Waals surface area contributed by atoms with Gasteiger partial charge in [-0.2, -0.15) is 4.39 Å². The van der Waals surface area contributed by atoms with Crippen LogP contribution < -0.4 is 5.09 Å². The third-order valence-electron chi connectivity index (χ3n) is 1.85. The molecule has 84 valence electrons. The molecule has 1 atom stereocenters. The normalized spacial score (nSPS) is 9.94. The van der Waals surface area contributed by atoms with Crippen molar-refractivity contribution in [2.24, 2.45) is 0 Å². The first-order valence-electron chi connectivity index (χ1n) is 4.68. The molecule has 5 heteroatoms. The topological polar surface area (TPSA) is 35.9 Å². The third kappa shape index (κ3) is 3.73. The molecule has 1 aromatic rings. The van der Waals surface area contributed by atoms with Gasteiger partial charge in [0.1, 0.15) is 0 Å². The van der Waals surface area contributed by atoms with Crippen LogP contribution in [0.4, 0.5) is 10.1 Å². The first-order chi connectivity index (χ1) is 7.69. The number of benzene rings is 1. The molecule has 0 saturated heterocycles. The molecule has 2 nitrogen and oxygen atoms in total. The molecule has 0 amide bonds. The van der Waals surface area contributed by atoms with E-state index in [1.165, 1.54) is 0 Å². The Balaban J connectivity index is 3.12. The fourth-order valence-corrected chi connectivity index (χ4v) is 2.35. The van der Waals surface area contributed by atoms with Crippen LogP contribution in [0.15, 0.2) is 18.2 Å². The van der Waals surface area contributed by atoms with E-state index in [4.69, 9.17) is 5.41 Å². The summed E-state index contributed by atoms with van der Waals surface area (Å²) in [7, 11) is 0. The van der Waals surface area contributed by atoms with Gasteiger partial charge in [0.05, 0.1) is 5.56 Å². The van der Waals surface area contributed by atoms with Crippen LogP contribution in [0.2, 0.25) is 0 Å². The first kappa shape index (κ1) is 13.4. The van der Waals surface area contributed by atoms with E-state index >= 15 is 0 Å². The zero-order valence-corrected chi connectivity index (χ0v) is 11.9. The average molecular weight is 348 g/mol. The Morgan fingerprint density at radius 2 is 2.38 bits per heavy atom. The minimum Gasteiger partial charge on any atom is -0.358 e. The summed E-state index contributed by atoms with van der Waals surface area (Å²) in [5.41, 5.74) is 1.65. The molecular formula is C11H11FIN2P. The fourth-order valence-electron chi connectivity index (χ4n) is 1.15. The van der Waals surface area contributed by atoms with Crippen LogP contribution in [0, 0.1) is 17.3 Å². The number of hydrogen-bond acceptors (Lipinski definition) is 2. The van der Waals surface area contributed by atoms with E-state index in [-0.39, 0.29) is 5.56 Å². The fraction of sp³-hybridized carbons (Fsp3) is 0.182. The molecule has 1 aromatic carbocycles. The number of halogens is 2. The van der Waals surface area contributed by atoms with Crippen LogP contribution in [-0.2, 0) is 0 Å². The minimum absolute atomic E-state index is 0.270. The molecule has 0 heterocycles. The minimum atomic E-state index is -0.933. The highest BCUT2D eigenvalue weighted by Crippen LogP contribution is 2.27. The zero-order valence-electron chi connectivity index (χ0n) is 8.70. The van der Waals surface area contributed by atoms with E-state index in [9.17, 15) is 4.39 Å². The maximum Gasteiger partial charge on any atom is 0.214 e. The van der Waals surface area contributed by atoms with Crippen LogP contribution >= 0.6 is 28.4 Å². The molecule has 0 aliphatic carbocycles. The summed E-state index contributed by atoms with van der Waals surface area (Å²) in [6, 6.07) is 5.19. The lowest BCUT2D eigenvalue weighted by atomic mass is 10.1. The second-order valence-corrected chi connectivity index (χ2v) is 5.01. The number of rotatable bonds is 3. The van der Waals surface area contributed by atoms with Gasteiger partial charge in [0, 0.05) is 24.0 Å². The molecule has 0 fully saturated rings. The smallest absolute Gasteiger partial charge is 0.214 e. The quantitative estimate of drug-likeness (QED) is 0.367. The standard InChI is InChI=1S/C11H11FIN2P/c1-2-3-4-8-5-6-10(15-16-13)9(7-8)11(12)14/h5-7,14-16H,2H2,1H3. The highest BCUT2D eigenvalue weighted by Gasteiger charge is 2.07. The first-order valence-corrected chi connectivity index (χ1v) is 8.79. The largest absolute Gasteiger partial charge is 0.358 e. The van der Waals surface area contributed by atoms with Gasteiger partial charge in [-0.05, 0) is 40.2 Å². The molecule has 16 heavy (non-hydrogen) atoms. The highest BCUT2D eigenvalue weighted by atomic mass is 127. The highest BCUT2D eigenvalue weighted by molar-refractivity contribution is 14.2. The van der Waals surface area contributed by atoms with E-state index in [2.05, 4.69) is 39.0 Å². The van der Waals surface area contributed by atoms with Gasteiger partial charge in [-0.15, -0.1) is 0 Å².